The molecule has 0 spiro atoms. The van der Waals surface area contributed by atoms with Crippen molar-refractivity contribution in [3.63, 3.8) is 0 Å². The first-order valence-electron chi connectivity index (χ1n) is 7.27. The molecule has 0 saturated heterocycles. The molecule has 18 heavy (non-hydrogen) atoms. The van der Waals surface area contributed by atoms with Crippen molar-refractivity contribution in [2.24, 2.45) is 11.7 Å². The van der Waals surface area contributed by atoms with E-state index in [1.807, 2.05) is 13.8 Å². The summed E-state index contributed by atoms with van der Waals surface area (Å²) >= 11 is 0. The molecule has 1 aromatic rings. The Hall–Kier alpha value is -0.890. The zero-order valence-corrected chi connectivity index (χ0v) is 12.4. The average molecular weight is 248 g/mol. The second kappa shape index (κ2) is 7.52. The summed E-state index contributed by atoms with van der Waals surface area (Å²) in [5.74, 6) is 0.758. The third kappa shape index (κ3) is 4.77. The summed E-state index contributed by atoms with van der Waals surface area (Å²) in [6.45, 7) is 8.60. The Kier molecular flexibility index (Phi) is 6.34. The van der Waals surface area contributed by atoms with Gasteiger partial charge < -0.3 is 5.73 Å². The van der Waals surface area contributed by atoms with E-state index < -0.39 is 0 Å². The maximum Gasteiger partial charge on any atom is 0.0379 e. The lowest BCUT2D eigenvalue weighted by atomic mass is 9.89. The van der Waals surface area contributed by atoms with E-state index in [0.717, 1.165) is 23.7 Å². The molecule has 2 nitrogen and oxygen atoms in total. The lowest BCUT2D eigenvalue weighted by molar-refractivity contribution is 0.388. The molecule has 1 heterocycles. The fraction of sp³-hybridized carbons (Fsp3) is 0.688. The molecule has 1 rings (SSSR count). The van der Waals surface area contributed by atoms with Gasteiger partial charge in [-0.15, -0.1) is 0 Å². The van der Waals surface area contributed by atoms with Gasteiger partial charge in [-0.3, -0.25) is 4.98 Å². The number of nitrogens with zero attached hydrogens (tertiary/aromatic N) is 1. The molecule has 0 fully saturated rings. The van der Waals surface area contributed by atoms with E-state index in [0.29, 0.717) is 0 Å². The molecule has 2 atom stereocenters. The van der Waals surface area contributed by atoms with Crippen molar-refractivity contribution in [1.82, 2.24) is 4.98 Å². The molecule has 102 valence electrons. The highest BCUT2D eigenvalue weighted by atomic mass is 14.7. The number of aromatic nitrogens is 1. The summed E-state index contributed by atoms with van der Waals surface area (Å²) < 4.78 is 0. The summed E-state index contributed by atoms with van der Waals surface area (Å²) in [4.78, 5) is 4.41. The summed E-state index contributed by atoms with van der Waals surface area (Å²) in [6, 6.07) is 4.42. The molecule has 2 unspecified atom stereocenters. The fourth-order valence-electron chi connectivity index (χ4n) is 2.56. The molecule has 0 amide bonds. The molecule has 2 heteroatoms. The minimum atomic E-state index is 0.159. The highest BCUT2D eigenvalue weighted by molar-refractivity contribution is 5.23. The van der Waals surface area contributed by atoms with E-state index in [-0.39, 0.29) is 6.04 Å². The highest BCUT2D eigenvalue weighted by Crippen LogP contribution is 2.25. The Labute approximate surface area is 112 Å². The monoisotopic (exact) mass is 248 g/mol. The summed E-state index contributed by atoms with van der Waals surface area (Å²) in [6.07, 6.45) is 6.23. The average Bonchev–Trinajstić information content (AvgIpc) is 2.32. The zero-order chi connectivity index (χ0) is 13.5. The minimum absolute atomic E-state index is 0.159. The predicted molar refractivity (Wildman–Crippen MR) is 78.6 cm³/mol. The number of rotatable bonds is 7. The topological polar surface area (TPSA) is 38.9 Å². The van der Waals surface area contributed by atoms with E-state index in [1.54, 1.807) is 0 Å². The number of nitrogens with two attached hydrogens (primary N) is 1. The van der Waals surface area contributed by atoms with Crippen molar-refractivity contribution in [3.05, 3.63) is 29.1 Å². The normalized spacial score (nSPS) is 14.5. The molecule has 0 aliphatic rings. The minimum Gasteiger partial charge on any atom is -0.324 e. The van der Waals surface area contributed by atoms with E-state index >= 15 is 0 Å². The van der Waals surface area contributed by atoms with Crippen molar-refractivity contribution < 1.29 is 0 Å². The van der Waals surface area contributed by atoms with Crippen LogP contribution in [0.1, 0.15) is 68.9 Å². The molecule has 0 radical (unpaired) electrons. The Balaban J connectivity index is 2.65. The first-order chi connectivity index (χ1) is 8.56. The summed E-state index contributed by atoms with van der Waals surface area (Å²) in [7, 11) is 0. The lowest BCUT2D eigenvalue weighted by Gasteiger charge is -2.20. The molecular weight excluding hydrogens is 220 g/mol. The van der Waals surface area contributed by atoms with Gasteiger partial charge in [-0.05, 0) is 43.9 Å². The van der Waals surface area contributed by atoms with Gasteiger partial charge in [0.2, 0.25) is 0 Å². The van der Waals surface area contributed by atoms with E-state index in [9.17, 15) is 0 Å². The Morgan fingerprint density at radius 3 is 2.28 bits per heavy atom. The molecular formula is C16H28N2. The Bertz CT molecular complexity index is 340. The SMILES string of the molecule is CCCCC(CC)CC(N)c1cc(C)nc(C)c1. The van der Waals surface area contributed by atoms with Gasteiger partial charge in [0.25, 0.3) is 0 Å². The molecule has 0 aliphatic carbocycles. The van der Waals surface area contributed by atoms with E-state index in [4.69, 9.17) is 5.73 Å². The van der Waals surface area contributed by atoms with E-state index in [1.165, 1.54) is 31.2 Å². The van der Waals surface area contributed by atoms with Crippen LogP contribution in [0.5, 0.6) is 0 Å². The molecule has 0 saturated carbocycles. The highest BCUT2D eigenvalue weighted by Gasteiger charge is 2.14. The molecule has 0 aromatic carbocycles. The molecule has 0 bridgehead atoms. The van der Waals surface area contributed by atoms with Crippen molar-refractivity contribution in [2.75, 3.05) is 0 Å². The second-order valence-electron chi connectivity index (χ2n) is 5.44. The van der Waals surface area contributed by atoms with Gasteiger partial charge in [0.1, 0.15) is 0 Å². The lowest BCUT2D eigenvalue weighted by Crippen LogP contribution is -2.16. The van der Waals surface area contributed by atoms with Gasteiger partial charge in [0.05, 0.1) is 0 Å². The van der Waals surface area contributed by atoms with Crippen molar-refractivity contribution in [1.29, 1.82) is 0 Å². The van der Waals surface area contributed by atoms with Crippen LogP contribution in [0.3, 0.4) is 0 Å². The van der Waals surface area contributed by atoms with Crippen molar-refractivity contribution in [2.45, 2.75) is 65.8 Å². The van der Waals surface area contributed by atoms with Gasteiger partial charge in [-0.2, -0.15) is 0 Å². The fourth-order valence-corrected chi connectivity index (χ4v) is 2.56. The Morgan fingerprint density at radius 1 is 1.17 bits per heavy atom. The predicted octanol–water partition coefficient (Wildman–Crippen LogP) is 4.30. The van der Waals surface area contributed by atoms with Crippen LogP contribution in [0, 0.1) is 19.8 Å². The molecule has 1 aromatic heterocycles. The quantitative estimate of drug-likeness (QED) is 0.781. The first kappa shape index (κ1) is 15.2. The van der Waals surface area contributed by atoms with E-state index in [2.05, 4.69) is 31.0 Å². The van der Waals surface area contributed by atoms with Crippen molar-refractivity contribution >= 4 is 0 Å². The van der Waals surface area contributed by atoms with Crippen LogP contribution < -0.4 is 5.73 Å². The third-order valence-electron chi connectivity index (χ3n) is 3.66. The Morgan fingerprint density at radius 2 is 1.78 bits per heavy atom. The summed E-state index contributed by atoms with van der Waals surface area (Å²) in [5.41, 5.74) is 9.74. The van der Waals surface area contributed by atoms with Gasteiger partial charge in [0.15, 0.2) is 0 Å². The van der Waals surface area contributed by atoms with Crippen LogP contribution in [0.4, 0.5) is 0 Å². The largest absolute Gasteiger partial charge is 0.324 e. The van der Waals surface area contributed by atoms with Crippen LogP contribution in [0.15, 0.2) is 12.1 Å². The van der Waals surface area contributed by atoms with Crippen LogP contribution >= 0.6 is 0 Å². The van der Waals surface area contributed by atoms with Crippen LogP contribution in [-0.4, -0.2) is 4.98 Å². The van der Waals surface area contributed by atoms with Crippen molar-refractivity contribution in [3.8, 4) is 0 Å². The van der Waals surface area contributed by atoms with Crippen LogP contribution in [-0.2, 0) is 0 Å². The van der Waals surface area contributed by atoms with Crippen LogP contribution in [0.25, 0.3) is 0 Å². The number of aryl methyl sites for hydroxylation is 2. The smallest absolute Gasteiger partial charge is 0.0379 e. The van der Waals surface area contributed by atoms with Gasteiger partial charge >= 0.3 is 0 Å². The number of unbranched alkanes of at least 4 members (excludes halogenated alkanes) is 1. The molecule has 0 aliphatic heterocycles. The third-order valence-corrected chi connectivity index (χ3v) is 3.66. The maximum atomic E-state index is 6.35. The maximum absolute atomic E-state index is 6.35. The number of hydrogen-bond acceptors (Lipinski definition) is 2. The standard InChI is InChI=1S/C16H28N2/c1-5-7-8-14(6-2)11-16(17)15-9-12(3)18-13(4)10-15/h9-10,14,16H,5-8,11,17H2,1-4H3. The zero-order valence-electron chi connectivity index (χ0n) is 12.4. The number of hydrogen-bond donors (Lipinski definition) is 1. The second-order valence-corrected chi connectivity index (χ2v) is 5.44. The van der Waals surface area contributed by atoms with Gasteiger partial charge in [0, 0.05) is 17.4 Å². The van der Waals surface area contributed by atoms with Gasteiger partial charge in [-0.25, -0.2) is 0 Å². The summed E-state index contributed by atoms with van der Waals surface area (Å²) in [5, 5.41) is 0. The first-order valence-corrected chi connectivity index (χ1v) is 7.27. The molecule has 2 N–H and O–H groups in total. The van der Waals surface area contributed by atoms with Crippen LogP contribution in [0.2, 0.25) is 0 Å². The number of pyridine rings is 1. The van der Waals surface area contributed by atoms with Gasteiger partial charge in [-0.1, -0.05) is 39.5 Å².